The van der Waals surface area contributed by atoms with Crippen LogP contribution in [0.1, 0.15) is 22.0 Å². The van der Waals surface area contributed by atoms with Gasteiger partial charge in [0.15, 0.2) is 0 Å². The standard InChI is InChI=1S/C23H19NO4S/c1-14-13-16(28-2)10-11-17(14)21(25)19-20(18-9-6-12-29-18)24(23(27)22(19)26)15-7-4-3-5-8-15/h3-13,20,25H,1-2H3/b21-19-. The third-order valence-corrected chi connectivity index (χ3v) is 5.90. The third-order valence-electron chi connectivity index (χ3n) is 4.98. The minimum Gasteiger partial charge on any atom is -0.507 e. The predicted octanol–water partition coefficient (Wildman–Crippen LogP) is 4.69. The number of methoxy groups -OCH3 is 1. The Morgan fingerprint density at radius 1 is 1.07 bits per heavy atom. The highest BCUT2D eigenvalue weighted by molar-refractivity contribution is 7.10. The molecule has 4 rings (SSSR count). The Hall–Kier alpha value is -3.38. The monoisotopic (exact) mass is 405 g/mol. The molecule has 1 aromatic heterocycles. The maximum atomic E-state index is 13.0. The number of benzene rings is 2. The minimum atomic E-state index is -0.694. The summed E-state index contributed by atoms with van der Waals surface area (Å²) in [6.45, 7) is 1.82. The summed E-state index contributed by atoms with van der Waals surface area (Å²) in [5, 5.41) is 13.0. The van der Waals surface area contributed by atoms with Crippen molar-refractivity contribution in [2.24, 2.45) is 0 Å². The Morgan fingerprint density at radius 3 is 2.45 bits per heavy atom. The van der Waals surface area contributed by atoms with Crippen LogP contribution in [0.2, 0.25) is 0 Å². The van der Waals surface area contributed by atoms with E-state index in [1.54, 1.807) is 37.4 Å². The van der Waals surface area contributed by atoms with Crippen LogP contribution in [0.3, 0.4) is 0 Å². The molecule has 1 aliphatic heterocycles. The molecule has 1 saturated heterocycles. The zero-order chi connectivity index (χ0) is 20.5. The number of aliphatic hydroxyl groups is 1. The van der Waals surface area contributed by atoms with E-state index in [0.717, 1.165) is 10.4 Å². The van der Waals surface area contributed by atoms with Gasteiger partial charge in [0.2, 0.25) is 0 Å². The summed E-state index contributed by atoms with van der Waals surface area (Å²) in [7, 11) is 1.57. The number of nitrogens with zero attached hydrogens (tertiary/aromatic N) is 1. The van der Waals surface area contributed by atoms with Gasteiger partial charge in [-0.15, -0.1) is 11.3 Å². The smallest absolute Gasteiger partial charge is 0.300 e. The number of hydrogen-bond acceptors (Lipinski definition) is 5. The molecular formula is C23H19NO4S. The van der Waals surface area contributed by atoms with Crippen molar-refractivity contribution in [3.8, 4) is 5.75 Å². The molecule has 29 heavy (non-hydrogen) atoms. The minimum absolute atomic E-state index is 0.0922. The van der Waals surface area contributed by atoms with Crippen molar-refractivity contribution in [1.29, 1.82) is 0 Å². The van der Waals surface area contributed by atoms with Crippen molar-refractivity contribution in [2.75, 3.05) is 12.0 Å². The lowest BCUT2D eigenvalue weighted by Crippen LogP contribution is -2.29. The number of thiophene rings is 1. The molecule has 1 aliphatic rings. The average Bonchev–Trinajstić information content (AvgIpc) is 3.35. The highest BCUT2D eigenvalue weighted by Gasteiger charge is 2.47. The van der Waals surface area contributed by atoms with E-state index in [1.165, 1.54) is 16.2 Å². The largest absolute Gasteiger partial charge is 0.507 e. The van der Waals surface area contributed by atoms with Gasteiger partial charge in [0.25, 0.3) is 11.7 Å². The number of hydrogen-bond donors (Lipinski definition) is 1. The topological polar surface area (TPSA) is 66.8 Å². The zero-order valence-corrected chi connectivity index (χ0v) is 16.8. The van der Waals surface area contributed by atoms with Crippen LogP contribution in [0.15, 0.2) is 71.6 Å². The number of para-hydroxylation sites is 1. The van der Waals surface area contributed by atoms with Gasteiger partial charge in [0.1, 0.15) is 17.6 Å². The van der Waals surface area contributed by atoms with Gasteiger partial charge >= 0.3 is 0 Å². The summed E-state index contributed by atoms with van der Waals surface area (Å²) in [6, 6.07) is 17.3. The molecule has 1 atom stereocenters. The second-order valence-electron chi connectivity index (χ2n) is 6.70. The van der Waals surface area contributed by atoms with Crippen LogP contribution in [0.25, 0.3) is 5.76 Å². The van der Waals surface area contributed by atoms with Crippen LogP contribution in [-0.4, -0.2) is 23.9 Å². The second-order valence-corrected chi connectivity index (χ2v) is 7.68. The van der Waals surface area contributed by atoms with Gasteiger partial charge in [0.05, 0.1) is 12.7 Å². The summed E-state index contributed by atoms with van der Waals surface area (Å²) >= 11 is 1.44. The molecule has 2 heterocycles. The lowest BCUT2D eigenvalue weighted by molar-refractivity contribution is -0.132. The lowest BCUT2D eigenvalue weighted by Gasteiger charge is -2.24. The fourth-order valence-corrected chi connectivity index (χ4v) is 4.40. The summed E-state index contributed by atoms with van der Waals surface area (Å²) in [5.74, 6) is -0.874. The molecule has 2 aromatic carbocycles. The van der Waals surface area contributed by atoms with Gasteiger partial charge in [-0.2, -0.15) is 0 Å². The molecule has 3 aromatic rings. The van der Waals surface area contributed by atoms with E-state index in [0.29, 0.717) is 17.0 Å². The maximum absolute atomic E-state index is 13.0. The Kier molecular flexibility index (Phi) is 4.94. The van der Waals surface area contributed by atoms with E-state index in [9.17, 15) is 14.7 Å². The molecule has 0 radical (unpaired) electrons. The Balaban J connectivity index is 1.92. The molecule has 0 saturated carbocycles. The summed E-state index contributed by atoms with van der Waals surface area (Å²) in [5.41, 5.74) is 1.95. The number of amides is 1. The summed E-state index contributed by atoms with van der Waals surface area (Å²) < 4.78 is 5.22. The molecule has 1 amide bonds. The van der Waals surface area contributed by atoms with Crippen LogP contribution in [-0.2, 0) is 9.59 Å². The van der Waals surface area contributed by atoms with Crippen molar-refractivity contribution in [1.82, 2.24) is 0 Å². The normalized spacial score (nSPS) is 18.3. The third kappa shape index (κ3) is 3.21. The number of carbonyl (C=O) groups excluding carboxylic acids is 2. The van der Waals surface area contributed by atoms with Gasteiger partial charge in [-0.05, 0) is 54.3 Å². The first kappa shape index (κ1) is 19.0. The van der Waals surface area contributed by atoms with Gasteiger partial charge in [0, 0.05) is 16.1 Å². The van der Waals surface area contributed by atoms with E-state index in [4.69, 9.17) is 4.74 Å². The van der Waals surface area contributed by atoms with E-state index >= 15 is 0 Å². The van der Waals surface area contributed by atoms with Crippen molar-refractivity contribution >= 4 is 34.5 Å². The number of Topliss-reactive ketones (excluding diaryl/α,β-unsaturated/α-hetero) is 1. The molecule has 146 valence electrons. The van der Waals surface area contributed by atoms with Crippen LogP contribution in [0.5, 0.6) is 5.75 Å². The number of rotatable bonds is 4. The number of aryl methyl sites for hydroxylation is 1. The number of anilines is 1. The van der Waals surface area contributed by atoms with E-state index in [-0.39, 0.29) is 11.3 Å². The average molecular weight is 405 g/mol. The summed E-state index contributed by atoms with van der Waals surface area (Å²) in [6.07, 6.45) is 0. The first-order chi connectivity index (χ1) is 14.0. The van der Waals surface area contributed by atoms with E-state index in [1.807, 2.05) is 42.6 Å². The Morgan fingerprint density at radius 2 is 1.83 bits per heavy atom. The molecule has 0 spiro atoms. The number of ketones is 1. The van der Waals surface area contributed by atoms with E-state index in [2.05, 4.69) is 0 Å². The quantitative estimate of drug-likeness (QED) is 0.388. The highest BCUT2D eigenvalue weighted by atomic mass is 32.1. The van der Waals surface area contributed by atoms with E-state index < -0.39 is 17.7 Å². The molecule has 1 N–H and O–H groups in total. The van der Waals surface area contributed by atoms with Gasteiger partial charge in [-0.3, -0.25) is 14.5 Å². The molecule has 5 nitrogen and oxygen atoms in total. The van der Waals surface area contributed by atoms with Gasteiger partial charge in [-0.1, -0.05) is 24.3 Å². The molecular weight excluding hydrogens is 386 g/mol. The molecule has 0 aliphatic carbocycles. The molecule has 1 unspecified atom stereocenters. The van der Waals surface area contributed by atoms with Crippen LogP contribution in [0, 0.1) is 6.92 Å². The Bertz CT molecular complexity index is 1100. The van der Waals surface area contributed by atoms with Gasteiger partial charge < -0.3 is 9.84 Å². The first-order valence-electron chi connectivity index (χ1n) is 9.07. The second kappa shape index (κ2) is 7.56. The molecule has 1 fully saturated rings. The lowest BCUT2D eigenvalue weighted by atomic mass is 9.97. The van der Waals surface area contributed by atoms with Gasteiger partial charge in [-0.25, -0.2) is 0 Å². The zero-order valence-electron chi connectivity index (χ0n) is 16.0. The SMILES string of the molecule is COc1ccc(/C(O)=C2/C(=O)C(=O)N(c3ccccc3)C2c2cccs2)c(C)c1. The van der Waals surface area contributed by atoms with Crippen molar-refractivity contribution < 1.29 is 19.4 Å². The summed E-state index contributed by atoms with van der Waals surface area (Å²) in [4.78, 5) is 28.2. The maximum Gasteiger partial charge on any atom is 0.300 e. The predicted molar refractivity (Wildman–Crippen MR) is 113 cm³/mol. The fourth-order valence-electron chi connectivity index (χ4n) is 3.58. The molecule has 6 heteroatoms. The van der Waals surface area contributed by atoms with Crippen LogP contribution < -0.4 is 9.64 Å². The number of aliphatic hydroxyl groups excluding tert-OH is 1. The highest BCUT2D eigenvalue weighted by Crippen LogP contribution is 2.43. The number of ether oxygens (including phenoxy) is 1. The van der Waals surface area contributed by atoms with Crippen molar-refractivity contribution in [2.45, 2.75) is 13.0 Å². The Labute approximate surface area is 172 Å². The fraction of sp³-hybridized carbons (Fsp3) is 0.130. The van der Waals surface area contributed by atoms with Crippen molar-refractivity contribution in [3.05, 3.63) is 87.6 Å². The number of carbonyl (C=O) groups is 2. The van der Waals surface area contributed by atoms with Crippen molar-refractivity contribution in [3.63, 3.8) is 0 Å². The van der Waals surface area contributed by atoms with Crippen LogP contribution in [0.4, 0.5) is 5.69 Å². The van der Waals surface area contributed by atoms with Crippen LogP contribution >= 0.6 is 11.3 Å². The molecule has 0 bridgehead atoms. The first-order valence-corrected chi connectivity index (χ1v) is 9.95.